The van der Waals surface area contributed by atoms with E-state index < -0.39 is 10.0 Å². The van der Waals surface area contributed by atoms with E-state index in [0.29, 0.717) is 22.1 Å². The molecule has 3 aromatic rings. The molecule has 0 radical (unpaired) electrons. The van der Waals surface area contributed by atoms with Crippen LogP contribution in [0.1, 0.15) is 11.4 Å². The van der Waals surface area contributed by atoms with Gasteiger partial charge in [-0.2, -0.15) is 5.10 Å². The molecule has 0 aliphatic heterocycles. The average molecular weight is 421 g/mol. The minimum Gasteiger partial charge on any atom is -0.324 e. The van der Waals surface area contributed by atoms with Gasteiger partial charge in [0.1, 0.15) is 6.54 Å². The first-order valence-corrected chi connectivity index (χ1v) is 10.0. The lowest BCUT2D eigenvalue weighted by molar-refractivity contribution is -0.116. The molecule has 0 atom stereocenters. The first kappa shape index (κ1) is 19.8. The van der Waals surface area contributed by atoms with Crippen LogP contribution in [-0.2, 0) is 21.4 Å². The Bertz CT molecular complexity index is 1090. The highest BCUT2D eigenvalue weighted by molar-refractivity contribution is 7.92. The van der Waals surface area contributed by atoms with Crippen molar-refractivity contribution >= 4 is 39.2 Å². The number of aromatic nitrogens is 4. The first-order valence-electron chi connectivity index (χ1n) is 8.14. The number of aryl methyl sites for hydroxylation is 2. The lowest BCUT2D eigenvalue weighted by Gasteiger charge is -2.09. The summed E-state index contributed by atoms with van der Waals surface area (Å²) in [5.41, 5.74) is 1.76. The largest absolute Gasteiger partial charge is 0.324 e. The number of carbonyl (C=O) groups excluding carboxylic acids is 1. The molecule has 146 valence electrons. The Morgan fingerprint density at radius 1 is 1.14 bits per heavy atom. The third-order valence-electron chi connectivity index (χ3n) is 3.56. The molecule has 2 heterocycles. The summed E-state index contributed by atoms with van der Waals surface area (Å²) >= 11 is 5.75. The number of nitrogens with zero attached hydrogens (tertiary/aromatic N) is 4. The van der Waals surface area contributed by atoms with Gasteiger partial charge in [0.2, 0.25) is 11.9 Å². The summed E-state index contributed by atoms with van der Waals surface area (Å²) in [6, 6.07) is 7.49. The van der Waals surface area contributed by atoms with Crippen LogP contribution >= 0.6 is 11.6 Å². The van der Waals surface area contributed by atoms with Crippen molar-refractivity contribution in [1.29, 1.82) is 0 Å². The fourth-order valence-electron chi connectivity index (χ4n) is 2.44. The number of halogens is 1. The van der Waals surface area contributed by atoms with E-state index >= 15 is 0 Å². The van der Waals surface area contributed by atoms with Crippen molar-refractivity contribution in [3.8, 4) is 0 Å². The second-order valence-electron chi connectivity index (χ2n) is 6.01. The van der Waals surface area contributed by atoms with Crippen LogP contribution in [0.2, 0.25) is 5.02 Å². The van der Waals surface area contributed by atoms with E-state index in [1.807, 2.05) is 0 Å². The maximum absolute atomic E-state index is 12.5. The van der Waals surface area contributed by atoms with Crippen LogP contribution in [0.4, 0.5) is 11.6 Å². The Morgan fingerprint density at radius 2 is 1.79 bits per heavy atom. The molecule has 0 bridgehead atoms. The number of amides is 1. The highest BCUT2D eigenvalue weighted by atomic mass is 35.5. The topological polar surface area (TPSA) is 119 Å². The van der Waals surface area contributed by atoms with Crippen molar-refractivity contribution in [2.75, 3.05) is 10.0 Å². The minimum absolute atomic E-state index is 0.00719. The fraction of sp³-hybridized carbons (Fsp3) is 0.176. The Labute approximate surface area is 166 Å². The average Bonchev–Trinajstić information content (AvgIpc) is 2.98. The summed E-state index contributed by atoms with van der Waals surface area (Å²) < 4.78 is 28.7. The zero-order valence-corrected chi connectivity index (χ0v) is 16.6. The summed E-state index contributed by atoms with van der Waals surface area (Å²) in [4.78, 5) is 20.2. The number of nitrogens with one attached hydrogen (secondary N) is 2. The molecule has 0 spiro atoms. The Morgan fingerprint density at radius 3 is 2.36 bits per heavy atom. The number of benzene rings is 1. The Balaban J connectivity index is 1.67. The van der Waals surface area contributed by atoms with E-state index in [9.17, 15) is 13.2 Å². The van der Waals surface area contributed by atoms with Gasteiger partial charge in [-0.1, -0.05) is 11.6 Å². The number of hydrogen-bond donors (Lipinski definition) is 2. The summed E-state index contributed by atoms with van der Waals surface area (Å²) in [5.74, 6) is -0.315. The normalized spacial score (nSPS) is 11.2. The third kappa shape index (κ3) is 5.05. The second-order valence-corrected chi connectivity index (χ2v) is 8.13. The zero-order valence-electron chi connectivity index (χ0n) is 15.0. The molecular weight excluding hydrogens is 404 g/mol. The van der Waals surface area contributed by atoms with Gasteiger partial charge in [-0.25, -0.2) is 23.1 Å². The van der Waals surface area contributed by atoms with Crippen molar-refractivity contribution in [2.45, 2.75) is 25.3 Å². The monoisotopic (exact) mass is 420 g/mol. The van der Waals surface area contributed by atoms with Crippen LogP contribution < -0.4 is 10.0 Å². The van der Waals surface area contributed by atoms with Crippen LogP contribution in [0.25, 0.3) is 0 Å². The molecule has 0 fully saturated rings. The van der Waals surface area contributed by atoms with Gasteiger partial charge >= 0.3 is 0 Å². The molecule has 1 amide bonds. The van der Waals surface area contributed by atoms with E-state index in [4.69, 9.17) is 11.6 Å². The van der Waals surface area contributed by atoms with Gasteiger partial charge in [0.25, 0.3) is 10.0 Å². The van der Waals surface area contributed by atoms with Gasteiger partial charge in [0, 0.05) is 23.3 Å². The molecule has 3 rings (SSSR count). The lowest BCUT2D eigenvalue weighted by Crippen LogP contribution is -2.19. The number of hydrogen-bond acceptors (Lipinski definition) is 6. The van der Waals surface area contributed by atoms with Crippen LogP contribution in [0.15, 0.2) is 47.6 Å². The van der Waals surface area contributed by atoms with Gasteiger partial charge in [-0.3, -0.25) is 9.48 Å². The van der Waals surface area contributed by atoms with Crippen molar-refractivity contribution in [3.63, 3.8) is 0 Å². The molecule has 0 saturated heterocycles. The SMILES string of the molecule is Cc1cc(C)nc(NS(=O)(=O)c2ccc(NC(=O)Cn3cc(Cl)cn3)cc2)n1. The Kier molecular flexibility index (Phi) is 5.61. The maximum atomic E-state index is 12.5. The molecule has 0 aliphatic rings. The quantitative estimate of drug-likeness (QED) is 0.631. The number of anilines is 2. The van der Waals surface area contributed by atoms with E-state index in [-0.39, 0.29) is 23.3 Å². The van der Waals surface area contributed by atoms with Crippen LogP contribution in [-0.4, -0.2) is 34.1 Å². The predicted octanol–water partition coefficient (Wildman–Crippen LogP) is 2.38. The number of rotatable bonds is 6. The molecule has 0 unspecified atom stereocenters. The zero-order chi connectivity index (χ0) is 20.3. The van der Waals surface area contributed by atoms with Gasteiger partial charge in [-0.15, -0.1) is 0 Å². The molecule has 9 nitrogen and oxygen atoms in total. The van der Waals surface area contributed by atoms with Crippen LogP contribution in [0.5, 0.6) is 0 Å². The van der Waals surface area contributed by atoms with E-state index in [0.717, 1.165) is 0 Å². The van der Waals surface area contributed by atoms with Crippen LogP contribution in [0, 0.1) is 13.8 Å². The fourth-order valence-corrected chi connectivity index (χ4v) is 3.54. The van der Waals surface area contributed by atoms with Crippen molar-refractivity contribution in [2.24, 2.45) is 0 Å². The molecule has 11 heteroatoms. The van der Waals surface area contributed by atoms with E-state index in [1.54, 1.807) is 19.9 Å². The van der Waals surface area contributed by atoms with E-state index in [2.05, 4.69) is 25.1 Å². The molecule has 1 aromatic carbocycles. The van der Waals surface area contributed by atoms with E-state index in [1.165, 1.54) is 41.3 Å². The highest BCUT2D eigenvalue weighted by Gasteiger charge is 2.16. The molecule has 0 aliphatic carbocycles. The van der Waals surface area contributed by atoms with Gasteiger partial charge in [-0.05, 0) is 44.2 Å². The number of carbonyl (C=O) groups is 1. The second kappa shape index (κ2) is 7.95. The smallest absolute Gasteiger partial charge is 0.264 e. The summed E-state index contributed by atoms with van der Waals surface area (Å²) in [7, 11) is -3.85. The maximum Gasteiger partial charge on any atom is 0.264 e. The minimum atomic E-state index is -3.85. The molecule has 28 heavy (non-hydrogen) atoms. The standard InChI is InChI=1S/C17H17ClN6O3S/c1-11-7-12(2)21-17(20-11)23-28(26,27)15-5-3-14(4-6-15)22-16(25)10-24-9-13(18)8-19-24/h3-9H,10H2,1-2H3,(H,22,25)(H,20,21,23). The third-order valence-corrected chi connectivity index (χ3v) is 5.10. The van der Waals surface area contributed by atoms with Crippen molar-refractivity contribution in [1.82, 2.24) is 19.7 Å². The van der Waals surface area contributed by atoms with Crippen molar-refractivity contribution in [3.05, 3.63) is 59.1 Å². The van der Waals surface area contributed by atoms with Crippen molar-refractivity contribution < 1.29 is 13.2 Å². The molecule has 2 N–H and O–H groups in total. The molecule has 2 aromatic heterocycles. The first-order chi connectivity index (χ1) is 13.2. The summed E-state index contributed by atoms with van der Waals surface area (Å²) in [6.07, 6.45) is 2.96. The van der Waals surface area contributed by atoms with Gasteiger partial charge in [0.15, 0.2) is 0 Å². The number of sulfonamides is 1. The highest BCUT2D eigenvalue weighted by Crippen LogP contribution is 2.17. The van der Waals surface area contributed by atoms with Crippen LogP contribution in [0.3, 0.4) is 0 Å². The predicted molar refractivity (Wildman–Crippen MR) is 105 cm³/mol. The molecule has 0 saturated carbocycles. The van der Waals surface area contributed by atoms with Gasteiger partial charge in [0.05, 0.1) is 16.1 Å². The molecular formula is C17H17ClN6O3S. The van der Waals surface area contributed by atoms with Gasteiger partial charge < -0.3 is 5.32 Å². The lowest BCUT2D eigenvalue weighted by atomic mass is 10.3. The summed E-state index contributed by atoms with van der Waals surface area (Å²) in [6.45, 7) is 3.49. The Hall–Kier alpha value is -2.98. The summed E-state index contributed by atoms with van der Waals surface area (Å²) in [5, 5.41) is 7.01.